The van der Waals surface area contributed by atoms with Crippen LogP contribution in [0.1, 0.15) is 0 Å². The van der Waals surface area contributed by atoms with Gasteiger partial charge in [-0.05, 0) is 0 Å². The molecule has 0 saturated heterocycles. The standard InChI is InChI=1S/Ca.In.S.Ti.3H. The molecule has 0 aliphatic heterocycles. The summed E-state index contributed by atoms with van der Waals surface area (Å²) in [6, 6.07) is 0. The van der Waals surface area contributed by atoms with Crippen LogP contribution in [0.2, 0.25) is 0 Å². The topological polar surface area (TPSA) is 0 Å². The van der Waals surface area contributed by atoms with Gasteiger partial charge in [0, 0.05) is 21.7 Å². The maximum absolute atomic E-state index is 4.25. The zero-order valence-corrected chi connectivity index (χ0v) is 8.03. The van der Waals surface area contributed by atoms with Crippen molar-refractivity contribution in [2.45, 2.75) is 0 Å². The normalized spacial score (nSPS) is 0.750. The Hall–Kier alpha value is 3.06. The van der Waals surface area contributed by atoms with Crippen LogP contribution in [0.5, 0.6) is 0 Å². The summed E-state index contributed by atoms with van der Waals surface area (Å²) in [4.78, 5) is 0. The Morgan fingerprint density at radius 2 is 1.25 bits per heavy atom. The summed E-state index contributed by atoms with van der Waals surface area (Å²) in [7, 11) is 4.25. The Kier molecular flexibility index (Phi) is 65.1. The molecule has 0 heterocycles. The van der Waals surface area contributed by atoms with Crippen LogP contribution >= 0.6 is 8.92 Å². The minimum Gasteiger partial charge on any atom is 0 e. The van der Waals surface area contributed by atoms with Gasteiger partial charge in [0.05, 0.1) is 0 Å². The van der Waals surface area contributed by atoms with Crippen LogP contribution in [0.15, 0.2) is 0 Å². The van der Waals surface area contributed by atoms with E-state index < -0.39 is 0 Å². The fraction of sp³-hybridized carbons (Fsp3) is 0. The second-order valence-corrected chi connectivity index (χ2v) is 0. The van der Waals surface area contributed by atoms with Crippen molar-refractivity contribution >= 4 is 69.0 Å². The van der Waals surface area contributed by atoms with Crippen LogP contribution in [0, 0.1) is 0 Å². The smallest absolute Gasteiger partial charge is 0 e. The van der Waals surface area contributed by atoms with Crippen molar-refractivity contribution in [3.05, 3.63) is 0 Å². The van der Waals surface area contributed by atoms with E-state index in [1.165, 1.54) is 0 Å². The van der Waals surface area contributed by atoms with Crippen molar-refractivity contribution in [3.8, 4) is 0 Å². The van der Waals surface area contributed by atoms with Crippen LogP contribution in [-0.2, 0) is 21.7 Å². The zero-order chi connectivity index (χ0) is 2.00. The van der Waals surface area contributed by atoms with Crippen molar-refractivity contribution in [2.24, 2.45) is 0 Å². The Bertz CT molecular complexity index is 8.00. The van der Waals surface area contributed by atoms with Gasteiger partial charge >= 0.3 is 69.0 Å². The SMILES string of the molecule is [CaH2].[S]=[InH].[Ti]. The minimum atomic E-state index is 0. The summed E-state index contributed by atoms with van der Waals surface area (Å²) < 4.78 is 0. The van der Waals surface area contributed by atoms with Crippen molar-refractivity contribution in [3.63, 3.8) is 0 Å². The molecule has 0 radical (unpaired) electrons. The van der Waals surface area contributed by atoms with Gasteiger partial charge in [0.25, 0.3) is 0 Å². The van der Waals surface area contributed by atoms with Gasteiger partial charge in [-0.1, -0.05) is 0 Å². The van der Waals surface area contributed by atoms with E-state index in [0.29, 0.717) is 0 Å². The quantitative estimate of drug-likeness (QED) is 0.492. The van der Waals surface area contributed by atoms with Crippen LogP contribution in [0.25, 0.3) is 0 Å². The van der Waals surface area contributed by atoms with Crippen molar-refractivity contribution in [1.29, 1.82) is 0 Å². The van der Waals surface area contributed by atoms with Crippen LogP contribution < -0.4 is 0 Å². The number of hydrogen-bond acceptors (Lipinski definition) is 1. The molecule has 0 amide bonds. The molecule has 0 aromatic heterocycles. The van der Waals surface area contributed by atoms with Gasteiger partial charge in [-0.25, -0.2) is 0 Å². The first-order valence-electron chi connectivity index (χ1n) is 0.289. The average Bonchev–Trinajstić information content (AvgIpc) is 1.00. The molecule has 4 heteroatoms. The first-order valence-corrected chi connectivity index (χ1v) is 5.81. The first kappa shape index (κ1) is 15.7. The summed E-state index contributed by atoms with van der Waals surface area (Å²) in [6.07, 6.45) is 0. The molecule has 0 aliphatic rings. The zero-order valence-electron chi connectivity index (χ0n) is 1.62. The van der Waals surface area contributed by atoms with E-state index in [9.17, 15) is 0 Å². The molecule has 0 N–H and O–H groups in total. The molecule has 0 bridgehead atoms. The molecule has 0 saturated carbocycles. The van der Waals surface area contributed by atoms with Gasteiger partial charge in [0.2, 0.25) is 0 Å². The monoisotopic (exact) mass is 238 g/mol. The van der Waals surface area contributed by atoms with Gasteiger partial charge < -0.3 is 0 Å². The second kappa shape index (κ2) is 16.6. The summed E-state index contributed by atoms with van der Waals surface area (Å²) in [5.41, 5.74) is 0. The number of hydrogen-bond donors (Lipinski definition) is 0. The molecule has 0 aromatic rings. The second-order valence-electron chi connectivity index (χ2n) is 0. The Morgan fingerprint density at radius 1 is 1.25 bits per heavy atom. The fourth-order valence-electron chi connectivity index (χ4n) is 0. The molecule has 0 fully saturated rings. The predicted molar refractivity (Wildman–Crippen MR) is 23.3 cm³/mol. The maximum Gasteiger partial charge on any atom is 0 e. The van der Waals surface area contributed by atoms with Crippen molar-refractivity contribution in [2.75, 3.05) is 0 Å². The summed E-state index contributed by atoms with van der Waals surface area (Å²) in [5.74, 6) is 0. The Labute approximate surface area is 88.5 Å². The third-order valence-electron chi connectivity index (χ3n) is 0. The van der Waals surface area contributed by atoms with E-state index in [4.69, 9.17) is 0 Å². The molecular formula is H3CaInSTi. The number of rotatable bonds is 0. The molecule has 18 valence electrons. The third-order valence-corrected chi connectivity index (χ3v) is 0. The molecule has 0 aromatic carbocycles. The maximum atomic E-state index is 4.25. The minimum absolute atomic E-state index is 0. The van der Waals surface area contributed by atoms with E-state index in [0.717, 1.165) is 22.4 Å². The van der Waals surface area contributed by atoms with Gasteiger partial charge in [0.1, 0.15) is 0 Å². The molecule has 0 atom stereocenters. The Morgan fingerprint density at radius 3 is 1.25 bits per heavy atom. The van der Waals surface area contributed by atoms with Gasteiger partial charge in [-0.2, -0.15) is 0 Å². The van der Waals surface area contributed by atoms with E-state index >= 15 is 0 Å². The molecule has 0 nitrogen and oxygen atoms in total. The predicted octanol–water partition coefficient (Wildman–Crippen LogP) is -0.919. The van der Waals surface area contributed by atoms with Crippen LogP contribution in [-0.4, -0.2) is 60.1 Å². The molecule has 0 aliphatic carbocycles. The fourth-order valence-corrected chi connectivity index (χ4v) is 0. The molecule has 0 unspecified atom stereocenters. The van der Waals surface area contributed by atoms with E-state index in [-0.39, 0.29) is 59.5 Å². The molecule has 4 heavy (non-hydrogen) atoms. The molecule has 0 rings (SSSR count). The summed E-state index contributed by atoms with van der Waals surface area (Å²) >= 11 is 0.733. The molecular weight excluding hydrogens is 235 g/mol. The largest absolute Gasteiger partial charge is 0 e. The van der Waals surface area contributed by atoms with E-state index in [2.05, 4.69) is 8.92 Å². The van der Waals surface area contributed by atoms with Gasteiger partial charge in [-0.3, -0.25) is 0 Å². The van der Waals surface area contributed by atoms with E-state index in [1.807, 2.05) is 0 Å². The third kappa shape index (κ3) is 8.91. The summed E-state index contributed by atoms with van der Waals surface area (Å²) in [6.45, 7) is 0. The van der Waals surface area contributed by atoms with E-state index in [1.54, 1.807) is 0 Å². The van der Waals surface area contributed by atoms with Crippen LogP contribution in [0.4, 0.5) is 0 Å². The van der Waals surface area contributed by atoms with Crippen LogP contribution in [0.3, 0.4) is 0 Å². The summed E-state index contributed by atoms with van der Waals surface area (Å²) in [5, 5.41) is 0. The Balaban J connectivity index is -0.00000000500. The first-order chi connectivity index (χ1) is 1.00. The van der Waals surface area contributed by atoms with Gasteiger partial charge in [0.15, 0.2) is 0 Å². The average molecular weight is 238 g/mol. The van der Waals surface area contributed by atoms with Crippen molar-refractivity contribution < 1.29 is 21.7 Å². The van der Waals surface area contributed by atoms with Crippen molar-refractivity contribution in [1.82, 2.24) is 0 Å². The van der Waals surface area contributed by atoms with Gasteiger partial charge in [-0.15, -0.1) is 0 Å². The molecule has 0 spiro atoms.